The Morgan fingerprint density at radius 2 is 2.07 bits per heavy atom. The molecule has 7 heteroatoms. The van der Waals surface area contributed by atoms with E-state index in [0.29, 0.717) is 18.3 Å². The summed E-state index contributed by atoms with van der Waals surface area (Å²) in [6.45, 7) is 4.69. The topological polar surface area (TPSA) is 50.8 Å². The van der Waals surface area contributed by atoms with Crippen LogP contribution < -0.4 is 10.1 Å². The Morgan fingerprint density at radius 3 is 2.79 bits per heavy atom. The first-order valence-electron chi connectivity index (χ1n) is 9.71. The Morgan fingerprint density at radius 1 is 1.31 bits per heavy atom. The van der Waals surface area contributed by atoms with E-state index >= 15 is 0 Å². The van der Waals surface area contributed by atoms with Crippen LogP contribution in [-0.4, -0.2) is 34.9 Å². The van der Waals surface area contributed by atoms with Gasteiger partial charge in [-0.25, -0.2) is 0 Å². The van der Waals surface area contributed by atoms with Crippen LogP contribution in [0, 0.1) is 5.92 Å². The monoisotopic (exact) mass is 474 g/mol. The van der Waals surface area contributed by atoms with Crippen LogP contribution in [0.5, 0.6) is 5.75 Å². The van der Waals surface area contributed by atoms with E-state index in [9.17, 15) is 4.79 Å². The molecule has 0 aromatic heterocycles. The lowest BCUT2D eigenvalue weighted by atomic mass is 9.79. The van der Waals surface area contributed by atoms with Crippen molar-refractivity contribution in [2.45, 2.75) is 32.0 Å². The van der Waals surface area contributed by atoms with Crippen LogP contribution in [0.15, 0.2) is 53.0 Å². The number of carbonyl (C=O) groups excluding carboxylic acids is 1. The Labute approximate surface area is 184 Å². The second kappa shape index (κ2) is 7.95. The van der Waals surface area contributed by atoms with Crippen molar-refractivity contribution in [3.05, 3.63) is 64.1 Å². The molecule has 2 aromatic rings. The summed E-state index contributed by atoms with van der Waals surface area (Å²) < 4.78 is 12.8. The average molecular weight is 475 g/mol. The van der Waals surface area contributed by atoms with E-state index in [4.69, 9.17) is 21.7 Å². The molecule has 3 atom stereocenters. The van der Waals surface area contributed by atoms with Crippen molar-refractivity contribution in [2.24, 2.45) is 5.92 Å². The average Bonchev–Trinajstić information content (AvgIpc) is 2.69. The smallest absolute Gasteiger partial charge is 0.317 e. The van der Waals surface area contributed by atoms with Gasteiger partial charge in [0.25, 0.3) is 0 Å². The first kappa shape index (κ1) is 20.2. The van der Waals surface area contributed by atoms with Crippen LogP contribution >= 0.6 is 28.1 Å². The van der Waals surface area contributed by atoms with Crippen LogP contribution in [0.1, 0.15) is 31.0 Å². The van der Waals surface area contributed by atoms with E-state index in [1.807, 2.05) is 55.1 Å². The van der Waals surface area contributed by atoms with Gasteiger partial charge < -0.3 is 19.7 Å². The molecule has 4 rings (SSSR count). The maximum absolute atomic E-state index is 13.0. The van der Waals surface area contributed by atoms with Gasteiger partial charge in [0.15, 0.2) is 10.8 Å². The second-order valence-corrected chi connectivity index (χ2v) is 8.69. The van der Waals surface area contributed by atoms with Gasteiger partial charge in [0.05, 0.1) is 12.6 Å². The van der Waals surface area contributed by atoms with Crippen molar-refractivity contribution >= 4 is 39.2 Å². The van der Waals surface area contributed by atoms with Crippen molar-refractivity contribution < 1.29 is 14.3 Å². The predicted molar refractivity (Wildman–Crippen MR) is 119 cm³/mol. The van der Waals surface area contributed by atoms with E-state index in [1.54, 1.807) is 0 Å². The molecule has 2 bridgehead atoms. The van der Waals surface area contributed by atoms with Crippen LogP contribution in [0.4, 0.5) is 0 Å². The molecule has 5 nitrogen and oxygen atoms in total. The summed E-state index contributed by atoms with van der Waals surface area (Å²) in [5.41, 5.74) is 1.17. The third-order valence-electron chi connectivity index (χ3n) is 5.60. The minimum absolute atomic E-state index is 0.287. The number of hydrogen-bond acceptors (Lipinski definition) is 4. The highest BCUT2D eigenvalue weighted by molar-refractivity contribution is 9.10. The zero-order valence-electron chi connectivity index (χ0n) is 16.4. The van der Waals surface area contributed by atoms with Gasteiger partial charge in [-0.2, -0.15) is 0 Å². The summed E-state index contributed by atoms with van der Waals surface area (Å²) in [5, 5.41) is 3.97. The molecule has 0 radical (unpaired) electrons. The van der Waals surface area contributed by atoms with Gasteiger partial charge in [0.2, 0.25) is 0 Å². The maximum Gasteiger partial charge on any atom is 0.317 e. The molecule has 0 spiro atoms. The van der Waals surface area contributed by atoms with Crippen molar-refractivity contribution in [2.75, 3.05) is 13.2 Å². The number of ether oxygens (including phenoxy) is 2. The number of thiocarbonyl (C=S) groups is 1. The first-order valence-corrected chi connectivity index (χ1v) is 10.9. The molecule has 0 amide bonds. The standard InChI is InChI=1S/C22H23BrN2O3S/c1-3-27-20(26)18-19-16-13-15(23)9-10-17(16)28-22(18,2)25(21(29)24-19)12-11-14-7-5-4-6-8-14/h4-10,13,18-19H,3,11-12H2,1-2H3,(H,24,29)/t18-,19+,22-/m0/s1. The van der Waals surface area contributed by atoms with E-state index in [2.05, 4.69) is 33.4 Å². The van der Waals surface area contributed by atoms with Crippen LogP contribution in [-0.2, 0) is 16.0 Å². The third kappa shape index (κ3) is 3.62. The van der Waals surface area contributed by atoms with Gasteiger partial charge in [0, 0.05) is 16.6 Å². The lowest BCUT2D eigenvalue weighted by Crippen LogP contribution is -2.71. The van der Waals surface area contributed by atoms with E-state index in [0.717, 1.165) is 22.2 Å². The van der Waals surface area contributed by atoms with Crippen molar-refractivity contribution in [1.82, 2.24) is 10.2 Å². The molecular weight excluding hydrogens is 452 g/mol. The van der Waals surface area contributed by atoms with Crippen LogP contribution in [0.25, 0.3) is 0 Å². The number of halogens is 1. The SMILES string of the molecule is CCOC(=O)[C@@H]1[C@@H]2NC(=S)N(CCc3ccccc3)[C@@]1(C)Oc1ccc(Br)cc12. The normalized spacial score (nSPS) is 24.9. The summed E-state index contributed by atoms with van der Waals surface area (Å²) in [6, 6.07) is 15.7. The molecule has 0 saturated carbocycles. The maximum atomic E-state index is 13.0. The van der Waals surface area contributed by atoms with Crippen molar-refractivity contribution in [3.8, 4) is 5.75 Å². The number of esters is 1. The van der Waals surface area contributed by atoms with Crippen molar-refractivity contribution in [1.29, 1.82) is 0 Å². The Hall–Kier alpha value is -2.12. The summed E-state index contributed by atoms with van der Waals surface area (Å²) in [7, 11) is 0. The van der Waals surface area contributed by atoms with E-state index < -0.39 is 11.6 Å². The fraction of sp³-hybridized carbons (Fsp3) is 0.364. The zero-order valence-corrected chi connectivity index (χ0v) is 18.8. The molecule has 2 aliphatic heterocycles. The second-order valence-electron chi connectivity index (χ2n) is 7.38. The van der Waals surface area contributed by atoms with Gasteiger partial charge in [-0.05, 0) is 56.2 Å². The molecule has 0 unspecified atom stereocenters. The zero-order chi connectivity index (χ0) is 20.6. The van der Waals surface area contributed by atoms with Crippen molar-refractivity contribution in [3.63, 3.8) is 0 Å². The van der Waals surface area contributed by atoms with Gasteiger partial charge in [-0.15, -0.1) is 0 Å². The minimum Gasteiger partial charge on any atom is -0.467 e. The highest BCUT2D eigenvalue weighted by Crippen LogP contribution is 2.49. The van der Waals surface area contributed by atoms with Crippen LogP contribution in [0.2, 0.25) is 0 Å². The van der Waals surface area contributed by atoms with Gasteiger partial charge >= 0.3 is 5.97 Å². The number of rotatable bonds is 5. The number of benzene rings is 2. The number of fused-ring (bicyclic) bond motifs is 4. The Kier molecular flexibility index (Phi) is 5.53. The largest absolute Gasteiger partial charge is 0.467 e. The Bertz CT molecular complexity index is 939. The number of hydrogen-bond donors (Lipinski definition) is 1. The molecule has 0 aliphatic carbocycles. The summed E-state index contributed by atoms with van der Waals surface area (Å²) >= 11 is 9.22. The lowest BCUT2D eigenvalue weighted by Gasteiger charge is -2.55. The van der Waals surface area contributed by atoms with Crippen LogP contribution in [0.3, 0.4) is 0 Å². The molecular formula is C22H23BrN2O3S. The van der Waals surface area contributed by atoms with Gasteiger partial charge in [-0.3, -0.25) is 4.79 Å². The summed E-state index contributed by atoms with van der Waals surface area (Å²) in [5.74, 6) is -0.0852. The number of nitrogens with one attached hydrogen (secondary N) is 1. The molecule has 29 heavy (non-hydrogen) atoms. The third-order valence-corrected chi connectivity index (χ3v) is 6.43. The molecule has 2 aliphatic rings. The van der Waals surface area contributed by atoms with E-state index in [1.165, 1.54) is 5.56 Å². The predicted octanol–water partition coefficient (Wildman–Crippen LogP) is 4.21. The first-order chi connectivity index (χ1) is 13.9. The molecule has 1 N–H and O–H groups in total. The number of carbonyl (C=O) groups is 1. The quantitative estimate of drug-likeness (QED) is 0.517. The molecule has 2 heterocycles. The Balaban J connectivity index is 1.72. The van der Waals surface area contributed by atoms with Gasteiger partial charge in [0.1, 0.15) is 11.7 Å². The highest BCUT2D eigenvalue weighted by atomic mass is 79.9. The lowest BCUT2D eigenvalue weighted by molar-refractivity contribution is -0.175. The summed E-state index contributed by atoms with van der Waals surface area (Å²) in [4.78, 5) is 15.0. The molecule has 1 saturated heterocycles. The fourth-order valence-corrected chi connectivity index (χ4v) is 5.00. The van der Waals surface area contributed by atoms with E-state index in [-0.39, 0.29) is 12.0 Å². The highest BCUT2D eigenvalue weighted by Gasteiger charge is 2.59. The molecule has 1 fully saturated rings. The molecule has 2 aromatic carbocycles. The summed E-state index contributed by atoms with van der Waals surface area (Å²) in [6.07, 6.45) is 0.787. The van der Waals surface area contributed by atoms with Gasteiger partial charge in [-0.1, -0.05) is 46.3 Å². The molecule has 152 valence electrons. The number of nitrogens with zero attached hydrogens (tertiary/aromatic N) is 1. The fourth-order valence-electron chi connectivity index (χ4n) is 4.22. The minimum atomic E-state index is -0.936.